The summed E-state index contributed by atoms with van der Waals surface area (Å²) in [4.78, 5) is 23.7. The van der Waals surface area contributed by atoms with Crippen molar-refractivity contribution in [3.8, 4) is 5.75 Å². The Bertz CT molecular complexity index is 583. The molecule has 0 saturated heterocycles. The van der Waals surface area contributed by atoms with Crippen LogP contribution in [0.2, 0.25) is 0 Å². The number of phenols is 1. The third-order valence-electron chi connectivity index (χ3n) is 3.87. The van der Waals surface area contributed by atoms with Crippen LogP contribution in [0.3, 0.4) is 0 Å². The second-order valence-corrected chi connectivity index (χ2v) is 7.67. The minimum Gasteiger partial charge on any atom is -0.506 e. The molecular weight excluding hydrogens is 500 g/mol. The molecule has 1 amide bonds. The second-order valence-electron chi connectivity index (χ2n) is 5.26. The third-order valence-corrected chi connectivity index (χ3v) is 5.32. The molecule has 7 heteroatoms. The molecule has 1 fully saturated rings. The van der Waals surface area contributed by atoms with Gasteiger partial charge in [0.05, 0.1) is 14.5 Å². The fourth-order valence-electron chi connectivity index (χ4n) is 2.60. The molecule has 0 atom stereocenters. The van der Waals surface area contributed by atoms with Crippen molar-refractivity contribution in [3.05, 3.63) is 24.8 Å². The summed E-state index contributed by atoms with van der Waals surface area (Å²) in [6.07, 6.45) is 2.90. The Morgan fingerprint density at radius 3 is 2.43 bits per heavy atom. The molecule has 3 N–H and O–H groups in total. The van der Waals surface area contributed by atoms with E-state index in [-0.39, 0.29) is 17.9 Å². The van der Waals surface area contributed by atoms with E-state index in [9.17, 15) is 19.8 Å². The first-order chi connectivity index (χ1) is 9.85. The molecule has 1 aromatic carbocycles. The number of hydrogen-bond donors (Lipinski definition) is 3. The van der Waals surface area contributed by atoms with Gasteiger partial charge >= 0.3 is 5.97 Å². The number of carboxylic acid groups (broad SMARTS) is 1. The fraction of sp³-hybridized carbons (Fsp3) is 0.429. The molecular formula is C14H15I2NO4. The lowest BCUT2D eigenvalue weighted by atomic mass is 9.86. The highest BCUT2D eigenvalue weighted by molar-refractivity contribution is 14.1. The topological polar surface area (TPSA) is 86.6 Å². The van der Waals surface area contributed by atoms with Gasteiger partial charge in [-0.05, 0) is 70.2 Å². The summed E-state index contributed by atoms with van der Waals surface area (Å²) in [6.45, 7) is 0.0999. The summed E-state index contributed by atoms with van der Waals surface area (Å²) in [5, 5.41) is 22.0. The van der Waals surface area contributed by atoms with Gasteiger partial charge < -0.3 is 15.5 Å². The fourth-order valence-corrected chi connectivity index (χ4v) is 4.45. The number of hydrogen-bond acceptors (Lipinski definition) is 3. The van der Waals surface area contributed by atoms with E-state index >= 15 is 0 Å². The predicted octanol–water partition coefficient (Wildman–Crippen LogP) is 2.98. The number of aliphatic carboxylic acids is 1. The molecule has 0 aliphatic heterocycles. The van der Waals surface area contributed by atoms with Gasteiger partial charge in [-0.2, -0.15) is 0 Å². The number of aromatic hydroxyl groups is 1. The summed E-state index contributed by atoms with van der Waals surface area (Å²) in [5.41, 5.74) is -0.676. The van der Waals surface area contributed by atoms with Gasteiger partial charge in [-0.15, -0.1) is 0 Å². The molecule has 0 unspecified atom stereocenters. The third kappa shape index (κ3) is 3.61. The smallest absolute Gasteiger partial charge is 0.311 e. The van der Waals surface area contributed by atoms with Crippen molar-refractivity contribution in [1.82, 2.24) is 5.32 Å². The highest BCUT2D eigenvalue weighted by atomic mass is 127. The maximum atomic E-state index is 12.2. The number of carbonyl (C=O) groups is 2. The molecule has 0 heterocycles. The van der Waals surface area contributed by atoms with Gasteiger partial charge in [0.25, 0.3) is 5.91 Å². The van der Waals surface area contributed by atoms with Crippen molar-refractivity contribution in [2.75, 3.05) is 6.54 Å². The van der Waals surface area contributed by atoms with E-state index in [2.05, 4.69) is 27.9 Å². The summed E-state index contributed by atoms with van der Waals surface area (Å²) >= 11 is 4.03. The largest absolute Gasteiger partial charge is 0.506 e. The maximum absolute atomic E-state index is 12.2. The Balaban J connectivity index is 2.14. The number of carbonyl (C=O) groups excluding carboxylic acids is 1. The maximum Gasteiger partial charge on any atom is 0.311 e. The molecule has 5 nitrogen and oxygen atoms in total. The van der Waals surface area contributed by atoms with Crippen LogP contribution >= 0.6 is 45.2 Å². The van der Waals surface area contributed by atoms with E-state index in [1.807, 2.05) is 22.6 Å². The first-order valence-corrected chi connectivity index (χ1v) is 8.71. The van der Waals surface area contributed by atoms with Crippen LogP contribution in [0.15, 0.2) is 12.1 Å². The highest BCUT2D eigenvalue weighted by Gasteiger charge is 2.41. The lowest BCUT2D eigenvalue weighted by Gasteiger charge is -2.24. The minimum absolute atomic E-state index is 0.0655. The number of benzene rings is 1. The van der Waals surface area contributed by atoms with Crippen molar-refractivity contribution < 1.29 is 19.8 Å². The van der Waals surface area contributed by atoms with Crippen molar-refractivity contribution in [1.29, 1.82) is 0 Å². The van der Waals surface area contributed by atoms with E-state index in [4.69, 9.17) is 0 Å². The lowest BCUT2D eigenvalue weighted by molar-refractivity contribution is -0.148. The predicted molar refractivity (Wildman–Crippen MR) is 94.4 cm³/mol. The molecule has 1 aliphatic carbocycles. The first kappa shape index (κ1) is 16.8. The van der Waals surface area contributed by atoms with Gasteiger partial charge in [-0.3, -0.25) is 9.59 Å². The van der Waals surface area contributed by atoms with Crippen LogP contribution < -0.4 is 5.32 Å². The van der Waals surface area contributed by atoms with Crippen molar-refractivity contribution in [2.24, 2.45) is 5.41 Å². The van der Waals surface area contributed by atoms with Gasteiger partial charge in [0.1, 0.15) is 5.75 Å². The SMILES string of the molecule is O=C(NCC1(C(=O)O)CCCC1)c1cc(I)cc(I)c1O. The number of phenolic OH excluding ortho intramolecular Hbond substituents is 1. The quantitative estimate of drug-likeness (QED) is 0.539. The summed E-state index contributed by atoms with van der Waals surface area (Å²) < 4.78 is 1.44. The monoisotopic (exact) mass is 515 g/mol. The van der Waals surface area contributed by atoms with Crippen LogP contribution in [-0.2, 0) is 4.79 Å². The Morgan fingerprint density at radius 1 is 1.24 bits per heavy atom. The normalized spacial score (nSPS) is 16.7. The van der Waals surface area contributed by atoms with Crippen LogP contribution in [-0.4, -0.2) is 28.6 Å². The first-order valence-electron chi connectivity index (χ1n) is 6.55. The molecule has 1 aromatic rings. The van der Waals surface area contributed by atoms with Crippen molar-refractivity contribution in [3.63, 3.8) is 0 Å². The minimum atomic E-state index is -0.861. The average Bonchev–Trinajstić information content (AvgIpc) is 2.90. The zero-order valence-corrected chi connectivity index (χ0v) is 15.5. The van der Waals surface area contributed by atoms with E-state index in [0.717, 1.165) is 16.4 Å². The summed E-state index contributed by atoms with van der Waals surface area (Å²) in [5.74, 6) is -1.36. The van der Waals surface area contributed by atoms with Crippen LogP contribution in [0.4, 0.5) is 0 Å². The van der Waals surface area contributed by atoms with Gasteiger partial charge in [-0.1, -0.05) is 12.8 Å². The number of halogens is 2. The summed E-state index contributed by atoms with van der Waals surface area (Å²) in [7, 11) is 0. The molecule has 0 radical (unpaired) electrons. The summed E-state index contributed by atoms with van der Waals surface area (Å²) in [6, 6.07) is 3.36. The molecule has 1 saturated carbocycles. The molecule has 0 bridgehead atoms. The van der Waals surface area contributed by atoms with Gasteiger partial charge in [0.15, 0.2) is 0 Å². The van der Waals surface area contributed by atoms with Crippen molar-refractivity contribution in [2.45, 2.75) is 25.7 Å². The molecule has 0 spiro atoms. The highest BCUT2D eigenvalue weighted by Crippen LogP contribution is 2.38. The van der Waals surface area contributed by atoms with Gasteiger partial charge in [-0.25, -0.2) is 0 Å². The number of carboxylic acids is 1. The molecule has 1 aliphatic rings. The van der Waals surface area contributed by atoms with Crippen LogP contribution in [0.5, 0.6) is 5.75 Å². The van der Waals surface area contributed by atoms with E-state index < -0.39 is 17.3 Å². The molecule has 21 heavy (non-hydrogen) atoms. The second kappa shape index (κ2) is 6.67. The van der Waals surface area contributed by atoms with Crippen LogP contribution in [0.1, 0.15) is 36.0 Å². The van der Waals surface area contributed by atoms with Gasteiger partial charge in [0, 0.05) is 10.1 Å². The van der Waals surface area contributed by atoms with E-state index in [0.29, 0.717) is 16.4 Å². The zero-order chi connectivity index (χ0) is 15.6. The standard InChI is InChI=1S/C14H15I2NO4/c15-8-5-9(11(18)10(16)6-8)12(19)17-7-14(13(20)21)3-1-2-4-14/h5-6,18H,1-4,7H2,(H,17,19)(H,20,21). The Morgan fingerprint density at radius 2 is 1.86 bits per heavy atom. The van der Waals surface area contributed by atoms with Gasteiger partial charge in [0.2, 0.25) is 0 Å². The van der Waals surface area contributed by atoms with E-state index in [1.54, 1.807) is 12.1 Å². The Labute approximate surface area is 149 Å². The molecule has 2 rings (SSSR count). The zero-order valence-electron chi connectivity index (χ0n) is 11.2. The van der Waals surface area contributed by atoms with Crippen LogP contribution in [0.25, 0.3) is 0 Å². The number of rotatable bonds is 4. The number of amides is 1. The number of nitrogens with one attached hydrogen (secondary N) is 1. The lowest BCUT2D eigenvalue weighted by Crippen LogP contribution is -2.41. The van der Waals surface area contributed by atoms with Crippen molar-refractivity contribution >= 4 is 57.1 Å². The van der Waals surface area contributed by atoms with Crippen LogP contribution in [0, 0.1) is 12.6 Å². The Kier molecular flexibility index (Phi) is 5.33. The molecule has 0 aromatic heterocycles. The molecule has 114 valence electrons. The van der Waals surface area contributed by atoms with E-state index in [1.165, 1.54) is 0 Å². The average molecular weight is 515 g/mol. The Hall–Kier alpha value is -0.580.